The highest BCUT2D eigenvalue weighted by Crippen LogP contribution is 2.24. The van der Waals surface area contributed by atoms with Gasteiger partial charge in [-0.25, -0.2) is 9.78 Å². The van der Waals surface area contributed by atoms with E-state index in [2.05, 4.69) is 15.6 Å². The second-order valence-corrected chi connectivity index (χ2v) is 8.79. The van der Waals surface area contributed by atoms with Gasteiger partial charge in [-0.15, -0.1) is 0 Å². The number of hydrogen-bond acceptors (Lipinski definition) is 5. The zero-order chi connectivity index (χ0) is 24.0. The summed E-state index contributed by atoms with van der Waals surface area (Å²) in [5.74, 6) is 0.519. The number of ether oxygens (including phenoxy) is 2. The topological polar surface area (TPSA) is 89.5 Å². The van der Waals surface area contributed by atoms with Crippen LogP contribution in [0.15, 0.2) is 60.8 Å². The van der Waals surface area contributed by atoms with Gasteiger partial charge in [0.2, 0.25) is 0 Å². The van der Waals surface area contributed by atoms with Crippen molar-refractivity contribution in [3.63, 3.8) is 0 Å². The number of rotatable bonds is 6. The zero-order valence-corrected chi connectivity index (χ0v) is 19.7. The SMILES string of the molecule is Cc1cc(OCc2ccccc2)cnc1NC(=O)c1cc(NC(=O)OC(C)(C)C)ccc1Cl. The maximum atomic E-state index is 12.8. The monoisotopic (exact) mass is 467 g/mol. The first-order valence-electron chi connectivity index (χ1n) is 10.3. The van der Waals surface area contributed by atoms with Crippen LogP contribution in [0, 0.1) is 6.92 Å². The van der Waals surface area contributed by atoms with Crippen molar-refractivity contribution in [1.82, 2.24) is 4.98 Å². The number of benzene rings is 2. The van der Waals surface area contributed by atoms with E-state index in [4.69, 9.17) is 21.1 Å². The predicted octanol–water partition coefficient (Wildman–Crippen LogP) is 6.22. The Morgan fingerprint density at radius 2 is 1.76 bits per heavy atom. The first-order valence-corrected chi connectivity index (χ1v) is 10.7. The van der Waals surface area contributed by atoms with E-state index in [1.54, 1.807) is 39.1 Å². The second kappa shape index (κ2) is 10.4. The van der Waals surface area contributed by atoms with Crippen molar-refractivity contribution in [2.24, 2.45) is 0 Å². The van der Waals surface area contributed by atoms with E-state index in [9.17, 15) is 9.59 Å². The average molecular weight is 468 g/mol. The van der Waals surface area contributed by atoms with Crippen LogP contribution in [-0.4, -0.2) is 22.6 Å². The molecule has 0 saturated carbocycles. The number of nitrogens with zero attached hydrogens (tertiary/aromatic N) is 1. The molecule has 2 aromatic carbocycles. The van der Waals surface area contributed by atoms with Crippen LogP contribution in [0.25, 0.3) is 0 Å². The van der Waals surface area contributed by atoms with Crippen molar-refractivity contribution < 1.29 is 19.1 Å². The molecule has 0 spiro atoms. The van der Waals surface area contributed by atoms with Gasteiger partial charge in [-0.3, -0.25) is 10.1 Å². The molecule has 0 atom stereocenters. The number of hydrogen-bond donors (Lipinski definition) is 2. The number of aryl methyl sites for hydroxylation is 1. The van der Waals surface area contributed by atoms with Crippen molar-refractivity contribution in [3.8, 4) is 5.75 Å². The summed E-state index contributed by atoms with van der Waals surface area (Å²) in [6.45, 7) is 7.53. The van der Waals surface area contributed by atoms with Gasteiger partial charge in [0.25, 0.3) is 5.91 Å². The highest BCUT2D eigenvalue weighted by molar-refractivity contribution is 6.34. The lowest BCUT2D eigenvalue weighted by Gasteiger charge is -2.20. The summed E-state index contributed by atoms with van der Waals surface area (Å²) < 4.78 is 11.0. The van der Waals surface area contributed by atoms with Crippen molar-refractivity contribution in [2.75, 3.05) is 10.6 Å². The van der Waals surface area contributed by atoms with E-state index < -0.39 is 17.6 Å². The Balaban J connectivity index is 1.67. The Morgan fingerprint density at radius 3 is 2.42 bits per heavy atom. The van der Waals surface area contributed by atoms with Crippen LogP contribution in [-0.2, 0) is 11.3 Å². The summed E-state index contributed by atoms with van der Waals surface area (Å²) >= 11 is 6.22. The molecule has 3 aromatic rings. The zero-order valence-electron chi connectivity index (χ0n) is 18.9. The van der Waals surface area contributed by atoms with E-state index in [1.807, 2.05) is 37.3 Å². The van der Waals surface area contributed by atoms with E-state index in [1.165, 1.54) is 12.1 Å². The van der Waals surface area contributed by atoms with Gasteiger partial charge in [-0.2, -0.15) is 0 Å². The minimum absolute atomic E-state index is 0.191. The number of anilines is 2. The van der Waals surface area contributed by atoms with E-state index in [0.29, 0.717) is 23.9 Å². The number of carbonyl (C=O) groups is 2. The fraction of sp³-hybridized carbons (Fsp3) is 0.240. The molecule has 8 heteroatoms. The van der Waals surface area contributed by atoms with Crippen molar-refractivity contribution >= 4 is 35.1 Å². The van der Waals surface area contributed by atoms with E-state index in [0.717, 1.165) is 11.1 Å². The van der Waals surface area contributed by atoms with Gasteiger partial charge in [0.15, 0.2) is 0 Å². The maximum Gasteiger partial charge on any atom is 0.412 e. The first-order chi connectivity index (χ1) is 15.6. The molecular weight excluding hydrogens is 442 g/mol. The molecule has 172 valence electrons. The largest absolute Gasteiger partial charge is 0.487 e. The fourth-order valence-electron chi connectivity index (χ4n) is 2.87. The number of halogens is 1. The lowest BCUT2D eigenvalue weighted by atomic mass is 10.1. The van der Waals surface area contributed by atoms with Crippen molar-refractivity contribution in [1.29, 1.82) is 0 Å². The maximum absolute atomic E-state index is 12.8. The predicted molar refractivity (Wildman–Crippen MR) is 129 cm³/mol. The van der Waals surface area contributed by atoms with Gasteiger partial charge >= 0.3 is 6.09 Å². The van der Waals surface area contributed by atoms with Gasteiger partial charge in [0.05, 0.1) is 16.8 Å². The standard InChI is InChI=1S/C25H26ClN3O4/c1-16-12-19(32-15-17-8-6-5-7-9-17)14-27-22(16)29-23(30)20-13-18(10-11-21(20)26)28-24(31)33-25(2,3)4/h5-14H,15H2,1-4H3,(H,28,31)(H,27,29,30). The molecule has 0 bridgehead atoms. The summed E-state index contributed by atoms with van der Waals surface area (Å²) in [5, 5.41) is 5.59. The number of aromatic nitrogens is 1. The number of nitrogens with one attached hydrogen (secondary N) is 2. The summed E-state index contributed by atoms with van der Waals surface area (Å²) in [6, 6.07) is 16.2. The Bertz CT molecular complexity index is 1140. The van der Waals surface area contributed by atoms with E-state index in [-0.39, 0.29) is 10.6 Å². The molecule has 1 aromatic heterocycles. The van der Waals surface area contributed by atoms with Crippen molar-refractivity contribution in [2.45, 2.75) is 39.9 Å². The molecule has 0 fully saturated rings. The van der Waals surface area contributed by atoms with Crippen LogP contribution >= 0.6 is 11.6 Å². The van der Waals surface area contributed by atoms with Gasteiger partial charge in [-0.05, 0) is 63.1 Å². The van der Waals surface area contributed by atoms with Gasteiger partial charge in [0.1, 0.15) is 23.8 Å². The normalized spacial score (nSPS) is 10.9. The van der Waals surface area contributed by atoms with Gasteiger partial charge < -0.3 is 14.8 Å². The highest BCUT2D eigenvalue weighted by Gasteiger charge is 2.18. The van der Waals surface area contributed by atoms with Crippen LogP contribution < -0.4 is 15.4 Å². The molecule has 3 rings (SSSR count). The minimum atomic E-state index is -0.642. The lowest BCUT2D eigenvalue weighted by Crippen LogP contribution is -2.27. The Morgan fingerprint density at radius 1 is 1.03 bits per heavy atom. The summed E-state index contributed by atoms with van der Waals surface area (Å²) in [4.78, 5) is 29.2. The highest BCUT2D eigenvalue weighted by atomic mass is 35.5. The third-order valence-corrected chi connectivity index (χ3v) is 4.72. The molecule has 2 amide bonds. The molecule has 0 aliphatic rings. The lowest BCUT2D eigenvalue weighted by molar-refractivity contribution is 0.0635. The smallest absolute Gasteiger partial charge is 0.412 e. The average Bonchev–Trinajstić information content (AvgIpc) is 2.74. The Labute approximate surface area is 198 Å². The Kier molecular flexibility index (Phi) is 7.55. The molecule has 7 nitrogen and oxygen atoms in total. The molecule has 33 heavy (non-hydrogen) atoms. The van der Waals surface area contributed by atoms with Crippen LogP contribution in [0.2, 0.25) is 5.02 Å². The van der Waals surface area contributed by atoms with Crippen LogP contribution in [0.5, 0.6) is 5.75 Å². The number of pyridine rings is 1. The molecule has 1 heterocycles. The third-order valence-electron chi connectivity index (χ3n) is 4.39. The minimum Gasteiger partial charge on any atom is -0.487 e. The molecule has 0 saturated heterocycles. The van der Waals surface area contributed by atoms with Gasteiger partial charge in [-0.1, -0.05) is 41.9 Å². The quantitative estimate of drug-likeness (QED) is 0.449. The first kappa shape index (κ1) is 24.1. The van der Waals surface area contributed by atoms with Crippen LogP contribution in [0.4, 0.5) is 16.3 Å². The van der Waals surface area contributed by atoms with Crippen molar-refractivity contribution in [3.05, 3.63) is 82.5 Å². The molecule has 0 unspecified atom stereocenters. The summed E-state index contributed by atoms with van der Waals surface area (Å²) in [7, 11) is 0. The van der Waals surface area contributed by atoms with Crippen LogP contribution in [0.3, 0.4) is 0 Å². The molecule has 0 radical (unpaired) electrons. The number of amides is 2. The molecular formula is C25H26ClN3O4. The summed E-state index contributed by atoms with van der Waals surface area (Å²) in [6.07, 6.45) is 0.924. The van der Waals surface area contributed by atoms with Crippen LogP contribution in [0.1, 0.15) is 42.3 Å². The second-order valence-electron chi connectivity index (χ2n) is 8.39. The number of carbonyl (C=O) groups excluding carboxylic acids is 2. The fourth-order valence-corrected chi connectivity index (χ4v) is 3.08. The molecule has 2 N–H and O–H groups in total. The third kappa shape index (κ3) is 7.22. The van der Waals surface area contributed by atoms with E-state index >= 15 is 0 Å². The molecule has 0 aliphatic heterocycles. The molecule has 0 aliphatic carbocycles. The van der Waals surface area contributed by atoms with Gasteiger partial charge in [0, 0.05) is 5.69 Å². The Hall–Kier alpha value is -3.58. The summed E-state index contributed by atoms with van der Waals surface area (Å²) in [5.41, 5.74) is 1.70.